The van der Waals surface area contributed by atoms with E-state index in [4.69, 9.17) is 0 Å². The Hall–Kier alpha value is -2.28. The summed E-state index contributed by atoms with van der Waals surface area (Å²) in [6, 6.07) is 9.12. The minimum atomic E-state index is -0.141. The summed E-state index contributed by atoms with van der Waals surface area (Å²) >= 11 is 1.45. The van der Waals surface area contributed by atoms with Crippen LogP contribution in [-0.4, -0.2) is 25.0 Å². The van der Waals surface area contributed by atoms with Gasteiger partial charge in [-0.05, 0) is 25.1 Å². The summed E-state index contributed by atoms with van der Waals surface area (Å²) in [5.74, 6) is 1.44. The Labute approximate surface area is 138 Å². The van der Waals surface area contributed by atoms with Crippen molar-refractivity contribution in [3.8, 4) is 0 Å². The number of nitrogens with zero attached hydrogens (tertiary/aromatic N) is 5. The third-order valence-corrected chi connectivity index (χ3v) is 4.21. The fourth-order valence-electron chi connectivity index (χ4n) is 2.13. The molecule has 0 amide bonds. The van der Waals surface area contributed by atoms with E-state index < -0.39 is 0 Å². The highest BCUT2D eigenvalue weighted by Gasteiger charge is 2.09. The van der Waals surface area contributed by atoms with E-state index in [1.165, 1.54) is 16.4 Å². The maximum atomic E-state index is 12.4. The third-order valence-electron chi connectivity index (χ3n) is 3.33. The van der Waals surface area contributed by atoms with E-state index in [1.807, 2.05) is 25.1 Å². The van der Waals surface area contributed by atoms with Gasteiger partial charge in [0.2, 0.25) is 0 Å². The zero-order chi connectivity index (χ0) is 16.4. The molecule has 7 heteroatoms. The first-order chi connectivity index (χ1) is 11.0. The van der Waals surface area contributed by atoms with Crippen LogP contribution in [0.15, 0.2) is 40.2 Å². The van der Waals surface area contributed by atoms with Crippen molar-refractivity contribution in [3.05, 3.63) is 52.2 Å². The molecular formula is C16H17N5OS. The minimum absolute atomic E-state index is 0.141. The van der Waals surface area contributed by atoms with Crippen molar-refractivity contribution >= 4 is 22.7 Å². The number of hydrogen-bond donors (Lipinski definition) is 0. The lowest BCUT2D eigenvalue weighted by atomic mass is 10.2. The normalized spacial score (nSPS) is 11.3. The van der Waals surface area contributed by atoms with E-state index in [0.717, 1.165) is 16.5 Å². The topological polar surface area (TPSA) is 73.6 Å². The summed E-state index contributed by atoms with van der Waals surface area (Å²) in [5, 5.41) is 9.49. The Morgan fingerprint density at radius 2 is 2.00 bits per heavy atom. The Morgan fingerprint density at radius 3 is 2.78 bits per heavy atom. The van der Waals surface area contributed by atoms with Gasteiger partial charge in [0.15, 0.2) is 0 Å². The number of thioether (sulfide) groups is 1. The Balaban J connectivity index is 1.86. The maximum Gasteiger partial charge on any atom is 0.278 e. The van der Waals surface area contributed by atoms with Gasteiger partial charge in [0.05, 0.1) is 11.3 Å². The minimum Gasteiger partial charge on any atom is -0.267 e. The standard InChI is InChI=1S/C16H17N5OS/c1-10(2)15-17-11(3)8-14(18-15)23-9-21-16(22)12-6-4-5-7-13(12)19-20-21/h4-8,10H,9H2,1-3H3. The summed E-state index contributed by atoms with van der Waals surface area (Å²) < 4.78 is 1.36. The van der Waals surface area contributed by atoms with Crippen LogP contribution >= 0.6 is 11.8 Å². The average Bonchev–Trinajstić information content (AvgIpc) is 2.54. The average molecular weight is 327 g/mol. The molecule has 0 saturated carbocycles. The Kier molecular flexibility index (Phi) is 4.38. The van der Waals surface area contributed by atoms with Gasteiger partial charge in [0.25, 0.3) is 5.56 Å². The molecule has 0 spiro atoms. The van der Waals surface area contributed by atoms with Crippen LogP contribution in [0.2, 0.25) is 0 Å². The molecule has 0 saturated heterocycles. The van der Waals surface area contributed by atoms with Crippen molar-refractivity contribution in [2.45, 2.75) is 37.6 Å². The van der Waals surface area contributed by atoms with Gasteiger partial charge in [-0.3, -0.25) is 4.79 Å². The molecule has 0 aliphatic heterocycles. The van der Waals surface area contributed by atoms with Crippen LogP contribution in [0.1, 0.15) is 31.3 Å². The smallest absolute Gasteiger partial charge is 0.267 e. The molecule has 0 aliphatic rings. The predicted octanol–water partition coefficient (Wildman–Crippen LogP) is 2.76. The number of rotatable bonds is 4. The van der Waals surface area contributed by atoms with Crippen molar-refractivity contribution in [3.63, 3.8) is 0 Å². The molecule has 0 fully saturated rings. The maximum absolute atomic E-state index is 12.4. The molecule has 3 aromatic rings. The molecule has 1 aromatic carbocycles. The van der Waals surface area contributed by atoms with Crippen LogP contribution in [0, 0.1) is 6.92 Å². The Morgan fingerprint density at radius 1 is 1.22 bits per heavy atom. The van der Waals surface area contributed by atoms with Crippen LogP contribution in [0.4, 0.5) is 0 Å². The lowest BCUT2D eigenvalue weighted by molar-refractivity contribution is 0.644. The number of aromatic nitrogens is 5. The van der Waals surface area contributed by atoms with Gasteiger partial charge in [0.1, 0.15) is 16.4 Å². The molecule has 0 radical (unpaired) electrons. The van der Waals surface area contributed by atoms with E-state index in [-0.39, 0.29) is 11.5 Å². The molecule has 118 valence electrons. The van der Waals surface area contributed by atoms with Crippen molar-refractivity contribution in [2.75, 3.05) is 0 Å². The van der Waals surface area contributed by atoms with E-state index in [0.29, 0.717) is 16.8 Å². The summed E-state index contributed by atoms with van der Waals surface area (Å²) in [6.45, 7) is 6.06. The Bertz CT molecular complexity index is 906. The lowest BCUT2D eigenvalue weighted by Gasteiger charge is -2.08. The summed E-state index contributed by atoms with van der Waals surface area (Å²) in [7, 11) is 0. The fourth-order valence-corrected chi connectivity index (χ4v) is 2.96. The monoisotopic (exact) mass is 327 g/mol. The highest BCUT2D eigenvalue weighted by molar-refractivity contribution is 7.98. The molecular weight excluding hydrogens is 310 g/mol. The predicted molar refractivity (Wildman–Crippen MR) is 90.5 cm³/mol. The van der Waals surface area contributed by atoms with Crippen molar-refractivity contribution in [1.29, 1.82) is 0 Å². The van der Waals surface area contributed by atoms with Gasteiger partial charge in [-0.1, -0.05) is 43.0 Å². The molecule has 0 aliphatic carbocycles. The largest absolute Gasteiger partial charge is 0.278 e. The van der Waals surface area contributed by atoms with Crippen LogP contribution in [0.5, 0.6) is 0 Å². The third kappa shape index (κ3) is 3.39. The molecule has 0 N–H and O–H groups in total. The number of aryl methyl sites for hydroxylation is 1. The molecule has 3 rings (SSSR count). The van der Waals surface area contributed by atoms with Gasteiger partial charge in [-0.2, -0.15) is 4.68 Å². The zero-order valence-electron chi connectivity index (χ0n) is 13.2. The SMILES string of the molecule is Cc1cc(SCn2nnc3ccccc3c2=O)nc(C(C)C)n1. The summed E-state index contributed by atoms with van der Waals surface area (Å²) in [6.07, 6.45) is 0. The van der Waals surface area contributed by atoms with E-state index >= 15 is 0 Å². The molecule has 0 unspecified atom stereocenters. The number of hydrogen-bond acceptors (Lipinski definition) is 6. The lowest BCUT2D eigenvalue weighted by Crippen LogP contribution is -2.23. The molecule has 2 aromatic heterocycles. The number of fused-ring (bicyclic) bond motifs is 1. The first-order valence-electron chi connectivity index (χ1n) is 7.35. The first kappa shape index (κ1) is 15.6. The van der Waals surface area contributed by atoms with Gasteiger partial charge in [-0.25, -0.2) is 9.97 Å². The molecule has 23 heavy (non-hydrogen) atoms. The van der Waals surface area contributed by atoms with Crippen LogP contribution in [0.25, 0.3) is 10.9 Å². The second-order valence-electron chi connectivity index (χ2n) is 5.55. The summed E-state index contributed by atoms with van der Waals surface area (Å²) in [4.78, 5) is 21.4. The highest BCUT2D eigenvalue weighted by atomic mass is 32.2. The van der Waals surface area contributed by atoms with E-state index in [1.54, 1.807) is 12.1 Å². The molecule has 0 atom stereocenters. The van der Waals surface area contributed by atoms with Crippen molar-refractivity contribution in [2.24, 2.45) is 0 Å². The fraction of sp³-hybridized carbons (Fsp3) is 0.312. The van der Waals surface area contributed by atoms with Crippen LogP contribution in [0.3, 0.4) is 0 Å². The van der Waals surface area contributed by atoms with Crippen LogP contribution < -0.4 is 5.56 Å². The number of benzene rings is 1. The van der Waals surface area contributed by atoms with Gasteiger partial charge in [-0.15, -0.1) is 5.10 Å². The van der Waals surface area contributed by atoms with Gasteiger partial charge in [0, 0.05) is 11.6 Å². The first-order valence-corrected chi connectivity index (χ1v) is 8.34. The second kappa shape index (κ2) is 6.45. The van der Waals surface area contributed by atoms with Crippen LogP contribution in [-0.2, 0) is 5.88 Å². The molecule has 6 nitrogen and oxygen atoms in total. The quantitative estimate of drug-likeness (QED) is 0.542. The molecule has 2 heterocycles. The highest BCUT2D eigenvalue weighted by Crippen LogP contribution is 2.20. The zero-order valence-corrected chi connectivity index (χ0v) is 14.0. The van der Waals surface area contributed by atoms with Gasteiger partial charge < -0.3 is 0 Å². The van der Waals surface area contributed by atoms with E-state index in [9.17, 15) is 4.79 Å². The van der Waals surface area contributed by atoms with Gasteiger partial charge >= 0.3 is 0 Å². The van der Waals surface area contributed by atoms with E-state index in [2.05, 4.69) is 34.1 Å². The second-order valence-corrected chi connectivity index (χ2v) is 6.51. The van der Waals surface area contributed by atoms with Crippen molar-refractivity contribution in [1.82, 2.24) is 25.0 Å². The molecule has 0 bridgehead atoms. The van der Waals surface area contributed by atoms with Crippen molar-refractivity contribution < 1.29 is 0 Å². The summed E-state index contributed by atoms with van der Waals surface area (Å²) in [5.41, 5.74) is 1.39.